The van der Waals surface area contributed by atoms with Gasteiger partial charge in [-0.1, -0.05) is 42.0 Å². The summed E-state index contributed by atoms with van der Waals surface area (Å²) in [4.78, 5) is 2.39. The van der Waals surface area contributed by atoms with E-state index in [0.29, 0.717) is 5.92 Å². The van der Waals surface area contributed by atoms with Crippen LogP contribution in [0.2, 0.25) is 0 Å². The molecule has 3 rings (SSSR count). The van der Waals surface area contributed by atoms with Crippen molar-refractivity contribution in [1.29, 1.82) is 5.26 Å². The molecule has 3 atom stereocenters. The predicted molar refractivity (Wildman–Crippen MR) is 76.6 cm³/mol. The molecule has 0 saturated carbocycles. The molecular weight excluding hydrogens is 232 g/mol. The molecule has 3 unspecified atom stereocenters. The minimum Gasteiger partial charge on any atom is -0.302 e. The lowest BCUT2D eigenvalue weighted by Gasteiger charge is -2.38. The molecule has 2 nitrogen and oxygen atoms in total. The quantitative estimate of drug-likeness (QED) is 0.718. The topological polar surface area (TPSA) is 27.0 Å². The lowest BCUT2D eigenvalue weighted by Crippen LogP contribution is -2.36. The Balaban J connectivity index is 1.94. The molecule has 1 aromatic carbocycles. The first-order chi connectivity index (χ1) is 9.28. The van der Waals surface area contributed by atoms with E-state index in [1.54, 1.807) is 5.57 Å². The molecule has 19 heavy (non-hydrogen) atoms. The van der Waals surface area contributed by atoms with Gasteiger partial charge in [0.05, 0.1) is 12.0 Å². The number of likely N-dealkylation sites (tertiary alicyclic amines) is 1. The van der Waals surface area contributed by atoms with Gasteiger partial charge >= 0.3 is 0 Å². The van der Waals surface area contributed by atoms with E-state index in [4.69, 9.17) is 0 Å². The predicted octanol–water partition coefficient (Wildman–Crippen LogP) is 3.19. The van der Waals surface area contributed by atoms with Crippen molar-refractivity contribution in [2.75, 3.05) is 20.1 Å². The highest BCUT2D eigenvalue weighted by atomic mass is 15.1. The van der Waals surface area contributed by atoms with Crippen molar-refractivity contribution in [2.45, 2.75) is 18.8 Å². The smallest absolute Gasteiger partial charge is 0.0665 e. The van der Waals surface area contributed by atoms with E-state index in [-0.39, 0.29) is 11.8 Å². The molecule has 0 aromatic heterocycles. The Morgan fingerprint density at radius 3 is 2.79 bits per heavy atom. The van der Waals surface area contributed by atoms with E-state index >= 15 is 0 Å². The van der Waals surface area contributed by atoms with Gasteiger partial charge in [0.1, 0.15) is 0 Å². The molecule has 0 bridgehead atoms. The number of hydrogen-bond donors (Lipinski definition) is 0. The monoisotopic (exact) mass is 252 g/mol. The van der Waals surface area contributed by atoms with Crippen LogP contribution in [0.1, 0.15) is 24.3 Å². The molecule has 0 spiro atoms. The summed E-state index contributed by atoms with van der Waals surface area (Å²) in [6, 6.07) is 13.0. The van der Waals surface area contributed by atoms with Crippen molar-refractivity contribution in [1.82, 2.24) is 4.90 Å². The number of benzene rings is 1. The summed E-state index contributed by atoms with van der Waals surface area (Å²) in [6.07, 6.45) is 4.63. The van der Waals surface area contributed by atoms with E-state index in [1.807, 2.05) is 6.07 Å². The average molecular weight is 252 g/mol. The van der Waals surface area contributed by atoms with Crippen LogP contribution in [0.5, 0.6) is 0 Å². The standard InChI is InChI=1S/C17H20N2/c1-19-8-7-14-9-15(11-18)17(10-16(14)12-19)13-5-3-2-4-6-13/h2-6,10,14-15,17H,7-9,12H2,1H3. The maximum Gasteiger partial charge on any atom is 0.0665 e. The second-order valence-corrected chi connectivity index (χ2v) is 5.87. The molecule has 0 N–H and O–H groups in total. The second kappa shape index (κ2) is 5.19. The number of rotatable bonds is 1. The maximum atomic E-state index is 9.48. The van der Waals surface area contributed by atoms with Crippen LogP contribution in [0.4, 0.5) is 0 Å². The Bertz CT molecular complexity index is 512. The molecule has 1 aliphatic carbocycles. The molecule has 1 aromatic rings. The van der Waals surface area contributed by atoms with Gasteiger partial charge in [-0.15, -0.1) is 0 Å². The van der Waals surface area contributed by atoms with Crippen molar-refractivity contribution >= 4 is 0 Å². The van der Waals surface area contributed by atoms with E-state index in [9.17, 15) is 5.26 Å². The summed E-state index contributed by atoms with van der Waals surface area (Å²) < 4.78 is 0. The van der Waals surface area contributed by atoms with Crippen LogP contribution >= 0.6 is 0 Å². The van der Waals surface area contributed by atoms with Gasteiger partial charge in [-0.2, -0.15) is 5.26 Å². The number of nitrogens with zero attached hydrogens (tertiary/aromatic N) is 2. The van der Waals surface area contributed by atoms with Gasteiger partial charge in [-0.25, -0.2) is 0 Å². The van der Waals surface area contributed by atoms with Gasteiger partial charge in [0.25, 0.3) is 0 Å². The number of nitriles is 1. The van der Waals surface area contributed by atoms with E-state index in [2.05, 4.69) is 48.4 Å². The number of allylic oxidation sites excluding steroid dienone is 1. The van der Waals surface area contributed by atoms with Gasteiger partial charge in [0.2, 0.25) is 0 Å². The van der Waals surface area contributed by atoms with Crippen LogP contribution < -0.4 is 0 Å². The molecule has 1 aliphatic heterocycles. The molecular formula is C17H20N2. The number of hydrogen-bond acceptors (Lipinski definition) is 2. The lowest BCUT2D eigenvalue weighted by molar-refractivity contribution is 0.246. The van der Waals surface area contributed by atoms with Gasteiger partial charge < -0.3 is 4.90 Å². The Labute approximate surface area is 115 Å². The van der Waals surface area contributed by atoms with Crippen LogP contribution in [0.25, 0.3) is 0 Å². The first-order valence-corrected chi connectivity index (χ1v) is 7.11. The normalized spacial score (nSPS) is 31.2. The van der Waals surface area contributed by atoms with Crippen LogP contribution in [0, 0.1) is 23.2 Å². The van der Waals surface area contributed by atoms with Crippen molar-refractivity contribution < 1.29 is 0 Å². The Hall–Kier alpha value is -1.59. The van der Waals surface area contributed by atoms with Gasteiger partial charge in [-0.05, 0) is 37.9 Å². The number of fused-ring (bicyclic) bond motifs is 1. The van der Waals surface area contributed by atoms with Gasteiger partial charge in [-0.3, -0.25) is 0 Å². The third-order valence-corrected chi connectivity index (χ3v) is 4.55. The van der Waals surface area contributed by atoms with Crippen molar-refractivity contribution in [3.05, 3.63) is 47.5 Å². The van der Waals surface area contributed by atoms with Crippen molar-refractivity contribution in [2.24, 2.45) is 11.8 Å². The van der Waals surface area contributed by atoms with Gasteiger partial charge in [0, 0.05) is 12.5 Å². The molecule has 0 amide bonds. The molecule has 1 saturated heterocycles. The highest BCUT2D eigenvalue weighted by Gasteiger charge is 2.34. The molecule has 1 fully saturated rings. The van der Waals surface area contributed by atoms with Crippen LogP contribution in [-0.4, -0.2) is 25.0 Å². The number of likely N-dealkylation sites (N-methyl/N-ethyl adjacent to an activating group) is 1. The molecule has 0 radical (unpaired) electrons. The number of piperidine rings is 1. The Morgan fingerprint density at radius 1 is 1.26 bits per heavy atom. The SMILES string of the molecule is CN1CCC2CC(C#N)C(c3ccccc3)C=C2C1. The Kier molecular flexibility index (Phi) is 3.40. The second-order valence-electron chi connectivity index (χ2n) is 5.87. The van der Waals surface area contributed by atoms with Crippen LogP contribution in [0.3, 0.4) is 0 Å². The fourth-order valence-electron chi connectivity index (χ4n) is 3.48. The fraction of sp³-hybridized carbons (Fsp3) is 0.471. The summed E-state index contributed by atoms with van der Waals surface area (Å²) in [5, 5.41) is 9.48. The third kappa shape index (κ3) is 2.43. The van der Waals surface area contributed by atoms with Gasteiger partial charge in [0.15, 0.2) is 0 Å². The zero-order valence-corrected chi connectivity index (χ0v) is 11.4. The van der Waals surface area contributed by atoms with Crippen molar-refractivity contribution in [3.63, 3.8) is 0 Å². The highest BCUT2D eigenvalue weighted by Crippen LogP contribution is 2.41. The first-order valence-electron chi connectivity index (χ1n) is 7.11. The molecule has 2 heteroatoms. The minimum atomic E-state index is 0.138. The zero-order chi connectivity index (χ0) is 13.2. The average Bonchev–Trinajstić information content (AvgIpc) is 2.46. The van der Waals surface area contributed by atoms with E-state index in [0.717, 1.165) is 19.5 Å². The zero-order valence-electron chi connectivity index (χ0n) is 11.4. The van der Waals surface area contributed by atoms with Crippen molar-refractivity contribution in [3.8, 4) is 6.07 Å². The lowest BCUT2D eigenvalue weighted by atomic mass is 9.71. The summed E-state index contributed by atoms with van der Waals surface area (Å²) in [5.41, 5.74) is 2.84. The largest absolute Gasteiger partial charge is 0.302 e. The van der Waals surface area contributed by atoms with E-state index < -0.39 is 0 Å². The molecule has 2 aliphatic rings. The first kappa shape index (κ1) is 12.4. The fourth-order valence-corrected chi connectivity index (χ4v) is 3.48. The minimum absolute atomic E-state index is 0.138. The highest BCUT2D eigenvalue weighted by molar-refractivity contribution is 5.32. The summed E-state index contributed by atoms with van der Waals surface area (Å²) in [6.45, 7) is 2.24. The summed E-state index contributed by atoms with van der Waals surface area (Å²) in [5.74, 6) is 1.06. The third-order valence-electron chi connectivity index (χ3n) is 4.55. The van der Waals surface area contributed by atoms with Crippen LogP contribution in [-0.2, 0) is 0 Å². The van der Waals surface area contributed by atoms with Crippen LogP contribution in [0.15, 0.2) is 42.0 Å². The summed E-state index contributed by atoms with van der Waals surface area (Å²) >= 11 is 0. The molecule has 98 valence electrons. The Morgan fingerprint density at radius 2 is 2.05 bits per heavy atom. The van der Waals surface area contributed by atoms with E-state index in [1.165, 1.54) is 12.0 Å². The maximum absolute atomic E-state index is 9.48. The summed E-state index contributed by atoms with van der Waals surface area (Å²) in [7, 11) is 2.19. The molecule has 1 heterocycles.